The fourth-order valence-corrected chi connectivity index (χ4v) is 2.30. The molecule has 0 saturated heterocycles. The van der Waals surface area contributed by atoms with E-state index in [1.54, 1.807) is 36.5 Å². The third kappa shape index (κ3) is 3.53. The van der Waals surface area contributed by atoms with Gasteiger partial charge < -0.3 is 11.1 Å². The van der Waals surface area contributed by atoms with Gasteiger partial charge in [-0.3, -0.25) is 9.78 Å². The van der Waals surface area contributed by atoms with E-state index in [1.165, 1.54) is 0 Å². The number of carbonyl (C=O) groups excluding carboxylic acids is 1. The average molecular weight is 341 g/mol. The molecule has 19 heavy (non-hydrogen) atoms. The minimum absolute atomic E-state index is 0.222. The van der Waals surface area contributed by atoms with Crippen molar-refractivity contribution in [2.45, 2.75) is 6.54 Å². The van der Waals surface area contributed by atoms with Crippen molar-refractivity contribution in [1.82, 2.24) is 4.98 Å². The zero-order valence-electron chi connectivity index (χ0n) is 9.86. The summed E-state index contributed by atoms with van der Waals surface area (Å²) in [5.41, 5.74) is 7.33. The standard InChI is InChI=1S/C13H11BrClN3O/c14-11-6-9(15)1-2-12(11)18-13(19)8-3-4-17-10(5-8)7-16/h1-6H,7,16H2,(H,18,19). The quantitative estimate of drug-likeness (QED) is 0.901. The third-order valence-electron chi connectivity index (χ3n) is 2.47. The number of carbonyl (C=O) groups is 1. The van der Waals surface area contributed by atoms with Crippen LogP contribution in [0.3, 0.4) is 0 Å². The van der Waals surface area contributed by atoms with Gasteiger partial charge in [0.05, 0.1) is 11.4 Å². The van der Waals surface area contributed by atoms with Gasteiger partial charge in [-0.2, -0.15) is 0 Å². The van der Waals surface area contributed by atoms with Gasteiger partial charge in [-0.15, -0.1) is 0 Å². The minimum atomic E-state index is -0.222. The SMILES string of the molecule is NCc1cc(C(=O)Nc2ccc(Cl)cc2Br)ccn1. The molecule has 4 nitrogen and oxygen atoms in total. The van der Waals surface area contributed by atoms with Gasteiger partial charge in [-0.05, 0) is 46.3 Å². The van der Waals surface area contributed by atoms with E-state index in [0.29, 0.717) is 28.5 Å². The number of benzene rings is 1. The number of rotatable bonds is 3. The summed E-state index contributed by atoms with van der Waals surface area (Å²) in [6, 6.07) is 8.46. The first-order valence-corrected chi connectivity index (χ1v) is 6.68. The van der Waals surface area contributed by atoms with Crippen LogP contribution >= 0.6 is 27.5 Å². The zero-order chi connectivity index (χ0) is 13.8. The molecule has 1 amide bonds. The Balaban J connectivity index is 2.20. The van der Waals surface area contributed by atoms with Gasteiger partial charge >= 0.3 is 0 Å². The number of anilines is 1. The van der Waals surface area contributed by atoms with Crippen LogP contribution in [-0.4, -0.2) is 10.9 Å². The Kier molecular flexibility index (Phi) is 4.52. The van der Waals surface area contributed by atoms with Crippen LogP contribution in [0.5, 0.6) is 0 Å². The highest BCUT2D eigenvalue weighted by Gasteiger charge is 2.09. The summed E-state index contributed by atoms with van der Waals surface area (Å²) < 4.78 is 0.724. The summed E-state index contributed by atoms with van der Waals surface area (Å²) in [5, 5.41) is 3.39. The van der Waals surface area contributed by atoms with E-state index < -0.39 is 0 Å². The van der Waals surface area contributed by atoms with Gasteiger partial charge in [-0.1, -0.05) is 11.6 Å². The van der Waals surface area contributed by atoms with E-state index in [-0.39, 0.29) is 5.91 Å². The number of amides is 1. The molecule has 6 heteroatoms. The van der Waals surface area contributed by atoms with E-state index in [9.17, 15) is 4.79 Å². The van der Waals surface area contributed by atoms with Crippen molar-refractivity contribution in [1.29, 1.82) is 0 Å². The number of aromatic nitrogens is 1. The Morgan fingerprint density at radius 2 is 2.16 bits per heavy atom. The lowest BCUT2D eigenvalue weighted by molar-refractivity contribution is 0.102. The lowest BCUT2D eigenvalue weighted by atomic mass is 10.2. The lowest BCUT2D eigenvalue weighted by Gasteiger charge is -2.08. The Morgan fingerprint density at radius 1 is 1.37 bits per heavy atom. The first-order valence-electron chi connectivity index (χ1n) is 5.51. The number of hydrogen-bond donors (Lipinski definition) is 2. The second-order valence-corrected chi connectivity index (χ2v) is 5.11. The van der Waals surface area contributed by atoms with Crippen LogP contribution in [0.2, 0.25) is 5.02 Å². The summed E-state index contributed by atoms with van der Waals surface area (Å²) in [6.45, 7) is 0.297. The molecule has 0 saturated carbocycles. The van der Waals surface area contributed by atoms with Crippen LogP contribution < -0.4 is 11.1 Å². The van der Waals surface area contributed by atoms with Crippen LogP contribution in [0.1, 0.15) is 16.1 Å². The maximum atomic E-state index is 12.1. The molecule has 3 N–H and O–H groups in total. The molecule has 1 heterocycles. The number of hydrogen-bond acceptors (Lipinski definition) is 3. The van der Waals surface area contributed by atoms with Crippen molar-refractivity contribution in [2.24, 2.45) is 5.73 Å². The first kappa shape index (κ1) is 14.0. The van der Waals surface area contributed by atoms with Crippen molar-refractivity contribution < 1.29 is 4.79 Å². The topological polar surface area (TPSA) is 68.0 Å². The Bertz CT molecular complexity index is 619. The molecule has 0 fully saturated rings. The number of nitrogens with two attached hydrogens (primary N) is 1. The fourth-order valence-electron chi connectivity index (χ4n) is 1.52. The van der Waals surface area contributed by atoms with E-state index in [4.69, 9.17) is 17.3 Å². The van der Waals surface area contributed by atoms with Crippen LogP contribution in [0.25, 0.3) is 0 Å². The van der Waals surface area contributed by atoms with Crippen molar-refractivity contribution >= 4 is 39.1 Å². The van der Waals surface area contributed by atoms with Crippen LogP contribution in [0, 0.1) is 0 Å². The molecule has 2 aromatic rings. The Hall–Kier alpha value is -1.43. The summed E-state index contributed by atoms with van der Waals surface area (Å²) in [4.78, 5) is 16.1. The first-order chi connectivity index (χ1) is 9.10. The summed E-state index contributed by atoms with van der Waals surface area (Å²) >= 11 is 9.19. The smallest absolute Gasteiger partial charge is 0.255 e. The number of nitrogens with one attached hydrogen (secondary N) is 1. The molecule has 1 aromatic carbocycles. The molecule has 0 spiro atoms. The van der Waals surface area contributed by atoms with E-state index in [0.717, 1.165) is 4.47 Å². The summed E-state index contributed by atoms with van der Waals surface area (Å²) in [6.07, 6.45) is 1.56. The summed E-state index contributed by atoms with van der Waals surface area (Å²) in [7, 11) is 0. The number of pyridine rings is 1. The van der Waals surface area contributed by atoms with E-state index in [2.05, 4.69) is 26.2 Å². The minimum Gasteiger partial charge on any atom is -0.325 e. The Labute approximate surface area is 124 Å². The van der Waals surface area contributed by atoms with E-state index in [1.807, 2.05) is 0 Å². The fraction of sp³-hybridized carbons (Fsp3) is 0.0769. The van der Waals surface area contributed by atoms with Gasteiger partial charge in [-0.25, -0.2) is 0 Å². The predicted molar refractivity (Wildman–Crippen MR) is 79.2 cm³/mol. The van der Waals surface area contributed by atoms with Crippen LogP contribution in [-0.2, 0) is 6.54 Å². The molecule has 2 rings (SSSR count). The molecule has 0 atom stereocenters. The molecular weight excluding hydrogens is 330 g/mol. The highest BCUT2D eigenvalue weighted by Crippen LogP contribution is 2.26. The van der Waals surface area contributed by atoms with Gasteiger partial charge in [0.25, 0.3) is 5.91 Å². The number of nitrogens with zero attached hydrogens (tertiary/aromatic N) is 1. The molecular formula is C13H11BrClN3O. The second kappa shape index (κ2) is 6.14. The Morgan fingerprint density at radius 3 is 2.84 bits per heavy atom. The molecule has 0 unspecified atom stereocenters. The normalized spacial score (nSPS) is 10.3. The molecule has 0 bridgehead atoms. The van der Waals surface area contributed by atoms with Crippen molar-refractivity contribution in [3.63, 3.8) is 0 Å². The van der Waals surface area contributed by atoms with Crippen molar-refractivity contribution in [3.05, 3.63) is 57.3 Å². The maximum Gasteiger partial charge on any atom is 0.255 e. The molecule has 0 aliphatic heterocycles. The average Bonchev–Trinajstić information content (AvgIpc) is 2.42. The maximum absolute atomic E-state index is 12.1. The van der Waals surface area contributed by atoms with Crippen molar-refractivity contribution in [2.75, 3.05) is 5.32 Å². The van der Waals surface area contributed by atoms with E-state index >= 15 is 0 Å². The monoisotopic (exact) mass is 339 g/mol. The lowest BCUT2D eigenvalue weighted by Crippen LogP contribution is -2.13. The molecule has 0 aliphatic carbocycles. The van der Waals surface area contributed by atoms with Crippen molar-refractivity contribution in [3.8, 4) is 0 Å². The van der Waals surface area contributed by atoms with Crippen LogP contribution in [0.4, 0.5) is 5.69 Å². The number of halogens is 2. The van der Waals surface area contributed by atoms with Gasteiger partial charge in [0.1, 0.15) is 0 Å². The summed E-state index contributed by atoms with van der Waals surface area (Å²) in [5.74, 6) is -0.222. The van der Waals surface area contributed by atoms with Crippen LogP contribution in [0.15, 0.2) is 41.0 Å². The highest BCUT2D eigenvalue weighted by atomic mass is 79.9. The van der Waals surface area contributed by atoms with Gasteiger partial charge in [0, 0.05) is 27.8 Å². The molecule has 1 aromatic heterocycles. The van der Waals surface area contributed by atoms with Gasteiger partial charge in [0.15, 0.2) is 0 Å². The predicted octanol–water partition coefficient (Wildman–Crippen LogP) is 3.21. The molecule has 0 radical (unpaired) electrons. The van der Waals surface area contributed by atoms with Gasteiger partial charge in [0.2, 0.25) is 0 Å². The second-order valence-electron chi connectivity index (χ2n) is 3.82. The highest BCUT2D eigenvalue weighted by molar-refractivity contribution is 9.10. The largest absolute Gasteiger partial charge is 0.325 e. The third-order valence-corrected chi connectivity index (χ3v) is 3.36. The molecule has 98 valence electrons. The zero-order valence-corrected chi connectivity index (χ0v) is 12.2. The molecule has 0 aliphatic rings.